The van der Waals surface area contributed by atoms with Gasteiger partial charge in [0.1, 0.15) is 16.9 Å². The molecule has 1 spiro atoms. The average Bonchev–Trinajstić information content (AvgIpc) is 3.56. The molecule has 0 aliphatic carbocycles. The van der Waals surface area contributed by atoms with E-state index >= 15 is 0 Å². The first-order valence-corrected chi connectivity index (χ1v) is 14.0. The Labute approximate surface area is 241 Å². The number of piperidine rings is 1. The summed E-state index contributed by atoms with van der Waals surface area (Å²) in [7, 11) is 2.73. The first-order chi connectivity index (χ1) is 19.9. The molecule has 2 fully saturated rings. The molecular weight excluding hydrogens is 514 g/mol. The first kappa shape index (κ1) is 27.2. The zero-order valence-corrected chi connectivity index (χ0v) is 23.7. The molecular formula is C35H35NO5. The lowest BCUT2D eigenvalue weighted by atomic mass is 9.52. The van der Waals surface area contributed by atoms with Crippen LogP contribution in [0.25, 0.3) is 0 Å². The Hall–Kier alpha value is -4.00. The summed E-state index contributed by atoms with van der Waals surface area (Å²) in [6, 6.07) is 31.3. The average molecular weight is 550 g/mol. The molecule has 0 amide bonds. The van der Waals surface area contributed by atoms with Gasteiger partial charge < -0.3 is 14.2 Å². The van der Waals surface area contributed by atoms with Crippen molar-refractivity contribution in [2.45, 2.75) is 24.2 Å². The maximum absolute atomic E-state index is 14.1. The van der Waals surface area contributed by atoms with Gasteiger partial charge in [-0.3, -0.25) is 14.5 Å². The minimum atomic E-state index is -1.33. The lowest BCUT2D eigenvalue weighted by Crippen LogP contribution is -2.71. The van der Waals surface area contributed by atoms with E-state index in [0.717, 1.165) is 22.3 Å². The SMILES string of the molecule is C=C(C)[C@H]1CN(C(c2ccccc2)(c2ccccc2)c2ccccc2)C[C@]23C=C[C@H](O2)[C@@H](C(=O)OC)[C@]13C(=O)OC. The van der Waals surface area contributed by atoms with E-state index in [9.17, 15) is 9.59 Å². The molecule has 6 heteroatoms. The van der Waals surface area contributed by atoms with Crippen molar-refractivity contribution in [1.82, 2.24) is 4.90 Å². The molecule has 0 N–H and O–H groups in total. The summed E-state index contributed by atoms with van der Waals surface area (Å²) >= 11 is 0. The molecule has 6 rings (SSSR count). The van der Waals surface area contributed by atoms with Crippen molar-refractivity contribution in [3.8, 4) is 0 Å². The summed E-state index contributed by atoms with van der Waals surface area (Å²) in [5.74, 6) is -2.28. The maximum Gasteiger partial charge on any atom is 0.316 e. The van der Waals surface area contributed by atoms with Gasteiger partial charge in [0.05, 0.1) is 25.9 Å². The molecule has 3 aliphatic heterocycles. The van der Waals surface area contributed by atoms with Crippen LogP contribution in [0.2, 0.25) is 0 Å². The van der Waals surface area contributed by atoms with Crippen LogP contribution in [0.1, 0.15) is 23.6 Å². The Kier molecular flexibility index (Phi) is 6.71. The van der Waals surface area contributed by atoms with E-state index in [1.165, 1.54) is 14.2 Å². The number of carbonyl (C=O) groups is 2. The Morgan fingerprint density at radius 2 is 1.39 bits per heavy atom. The monoisotopic (exact) mass is 549 g/mol. The fourth-order valence-electron chi connectivity index (χ4n) is 7.90. The minimum absolute atomic E-state index is 0.338. The van der Waals surface area contributed by atoms with E-state index in [2.05, 4.69) is 84.3 Å². The van der Waals surface area contributed by atoms with Crippen molar-refractivity contribution in [2.75, 3.05) is 27.3 Å². The number of nitrogens with zero attached hydrogens (tertiary/aromatic N) is 1. The number of methoxy groups -OCH3 is 2. The highest BCUT2D eigenvalue weighted by Crippen LogP contribution is 2.65. The summed E-state index contributed by atoms with van der Waals surface area (Å²) < 4.78 is 17.5. The van der Waals surface area contributed by atoms with Gasteiger partial charge >= 0.3 is 11.9 Å². The predicted molar refractivity (Wildman–Crippen MR) is 156 cm³/mol. The fourth-order valence-corrected chi connectivity index (χ4v) is 7.90. The van der Waals surface area contributed by atoms with Crippen molar-refractivity contribution in [2.24, 2.45) is 17.3 Å². The van der Waals surface area contributed by atoms with Gasteiger partial charge in [-0.1, -0.05) is 115 Å². The molecule has 3 heterocycles. The third-order valence-electron chi connectivity index (χ3n) is 9.42. The number of hydrogen-bond donors (Lipinski definition) is 0. The zero-order chi connectivity index (χ0) is 28.8. The van der Waals surface area contributed by atoms with E-state index < -0.39 is 46.4 Å². The summed E-state index contributed by atoms with van der Waals surface area (Å²) in [4.78, 5) is 29.9. The highest BCUT2D eigenvalue weighted by molar-refractivity contribution is 5.90. The van der Waals surface area contributed by atoms with Crippen LogP contribution in [-0.2, 0) is 29.3 Å². The van der Waals surface area contributed by atoms with Gasteiger partial charge in [-0.15, -0.1) is 0 Å². The molecule has 6 nitrogen and oxygen atoms in total. The number of rotatable bonds is 7. The summed E-state index contributed by atoms with van der Waals surface area (Å²) in [5, 5.41) is 0. The summed E-state index contributed by atoms with van der Waals surface area (Å²) in [6.07, 6.45) is 3.27. The topological polar surface area (TPSA) is 65.1 Å². The normalized spacial score (nSPS) is 28.6. The zero-order valence-electron chi connectivity index (χ0n) is 23.7. The van der Waals surface area contributed by atoms with Gasteiger partial charge in [-0.25, -0.2) is 0 Å². The van der Waals surface area contributed by atoms with Crippen LogP contribution < -0.4 is 0 Å². The summed E-state index contributed by atoms with van der Waals surface area (Å²) in [6.45, 7) is 7.06. The molecule has 0 unspecified atom stereocenters. The fraction of sp³-hybridized carbons (Fsp3) is 0.314. The van der Waals surface area contributed by atoms with E-state index in [4.69, 9.17) is 14.2 Å². The lowest BCUT2D eigenvalue weighted by molar-refractivity contribution is -0.187. The van der Waals surface area contributed by atoms with Crippen LogP contribution >= 0.6 is 0 Å². The molecule has 3 aromatic carbocycles. The van der Waals surface area contributed by atoms with Gasteiger partial charge in [0.2, 0.25) is 0 Å². The van der Waals surface area contributed by atoms with Crippen LogP contribution in [0.3, 0.4) is 0 Å². The molecule has 210 valence electrons. The van der Waals surface area contributed by atoms with Crippen molar-refractivity contribution in [3.63, 3.8) is 0 Å². The number of benzene rings is 3. The number of carbonyl (C=O) groups excluding carboxylic acids is 2. The predicted octanol–water partition coefficient (Wildman–Crippen LogP) is 5.14. The second kappa shape index (κ2) is 10.1. The second-order valence-corrected chi connectivity index (χ2v) is 11.3. The lowest BCUT2D eigenvalue weighted by Gasteiger charge is -2.59. The van der Waals surface area contributed by atoms with Crippen molar-refractivity contribution in [3.05, 3.63) is 132 Å². The number of hydrogen-bond acceptors (Lipinski definition) is 6. The maximum atomic E-state index is 14.1. The third kappa shape index (κ3) is 3.63. The number of esters is 2. The standard InChI is InChI=1S/C35H35NO5/c1-24(2)28-22-36(23-33-21-20-29(41-33)30(31(37)39-3)34(28,33)32(38)40-4)35(25-14-8-5-9-15-25,26-16-10-6-11-17-26)27-18-12-7-13-19-27/h5-21,28-30H,1,22-23H2,2-4H3/t28-,29+,30+,33+,34+/m1/s1. The molecule has 0 saturated carbocycles. The van der Waals surface area contributed by atoms with Crippen molar-refractivity contribution < 1.29 is 23.8 Å². The molecule has 41 heavy (non-hydrogen) atoms. The summed E-state index contributed by atoms with van der Waals surface area (Å²) in [5.41, 5.74) is 0.817. The Morgan fingerprint density at radius 3 is 1.83 bits per heavy atom. The van der Waals surface area contributed by atoms with Gasteiger partial charge in [0.25, 0.3) is 0 Å². The Morgan fingerprint density at radius 1 is 0.878 bits per heavy atom. The highest BCUT2D eigenvalue weighted by Gasteiger charge is 2.78. The Bertz CT molecular complexity index is 1390. The second-order valence-electron chi connectivity index (χ2n) is 11.3. The Balaban J connectivity index is 1.65. The van der Waals surface area contributed by atoms with Crippen molar-refractivity contribution >= 4 is 11.9 Å². The van der Waals surface area contributed by atoms with Crippen LogP contribution in [0.15, 0.2) is 115 Å². The number of fused-ring (bicyclic) bond motifs is 1. The molecule has 2 saturated heterocycles. The van der Waals surface area contributed by atoms with Crippen molar-refractivity contribution in [1.29, 1.82) is 0 Å². The van der Waals surface area contributed by atoms with E-state index in [1.807, 2.05) is 37.3 Å². The number of ether oxygens (including phenoxy) is 3. The van der Waals surface area contributed by atoms with E-state index in [-0.39, 0.29) is 0 Å². The quantitative estimate of drug-likeness (QED) is 0.231. The largest absolute Gasteiger partial charge is 0.469 e. The van der Waals surface area contributed by atoms with Crippen LogP contribution in [0.4, 0.5) is 0 Å². The molecule has 3 aliphatic rings. The molecule has 3 aromatic rings. The first-order valence-electron chi connectivity index (χ1n) is 14.0. The van der Waals surface area contributed by atoms with Gasteiger partial charge in [-0.05, 0) is 23.6 Å². The van der Waals surface area contributed by atoms with Gasteiger partial charge in [-0.2, -0.15) is 0 Å². The van der Waals surface area contributed by atoms with E-state index in [0.29, 0.717) is 13.1 Å². The molecule has 5 atom stereocenters. The highest BCUT2D eigenvalue weighted by atomic mass is 16.6. The third-order valence-corrected chi connectivity index (χ3v) is 9.42. The molecule has 2 bridgehead atoms. The molecule has 0 radical (unpaired) electrons. The van der Waals surface area contributed by atoms with Gasteiger partial charge in [0.15, 0.2) is 0 Å². The smallest absolute Gasteiger partial charge is 0.316 e. The van der Waals surface area contributed by atoms with Gasteiger partial charge in [0, 0.05) is 19.0 Å². The van der Waals surface area contributed by atoms with Crippen LogP contribution in [-0.4, -0.2) is 55.9 Å². The van der Waals surface area contributed by atoms with Crippen LogP contribution in [0.5, 0.6) is 0 Å². The molecule has 0 aromatic heterocycles. The van der Waals surface area contributed by atoms with E-state index in [1.54, 1.807) is 0 Å². The van der Waals surface area contributed by atoms with Crippen LogP contribution in [0, 0.1) is 17.3 Å². The minimum Gasteiger partial charge on any atom is -0.469 e. The number of likely N-dealkylation sites (tertiary alicyclic amines) is 1.